The van der Waals surface area contributed by atoms with Crippen molar-refractivity contribution in [2.75, 3.05) is 5.32 Å². The molecule has 5 heteroatoms. The molecule has 112 valence electrons. The highest BCUT2D eigenvalue weighted by Gasteiger charge is 2.09. The van der Waals surface area contributed by atoms with Crippen molar-refractivity contribution in [2.24, 2.45) is 0 Å². The summed E-state index contributed by atoms with van der Waals surface area (Å²) >= 11 is 0. The largest absolute Gasteiger partial charge is 0.334 e. The second kappa shape index (κ2) is 6.16. The van der Waals surface area contributed by atoms with Crippen LogP contribution in [0, 0.1) is 19.3 Å². The summed E-state index contributed by atoms with van der Waals surface area (Å²) in [6.45, 7) is 1.75. The number of carbonyl (C=O) groups excluding carboxylic acids is 1. The molecule has 0 saturated carbocycles. The van der Waals surface area contributed by atoms with Gasteiger partial charge in [0.15, 0.2) is 5.82 Å². The molecule has 0 bridgehead atoms. The van der Waals surface area contributed by atoms with Gasteiger partial charge in [0.25, 0.3) is 11.8 Å². The highest BCUT2D eigenvalue weighted by molar-refractivity contribution is 6.04. The van der Waals surface area contributed by atoms with Gasteiger partial charge in [0.2, 0.25) is 0 Å². The van der Waals surface area contributed by atoms with Crippen molar-refractivity contribution in [3.63, 3.8) is 0 Å². The lowest BCUT2D eigenvalue weighted by molar-refractivity contribution is 0.102. The van der Waals surface area contributed by atoms with Crippen LogP contribution in [-0.4, -0.2) is 16.0 Å². The summed E-state index contributed by atoms with van der Waals surface area (Å²) in [4.78, 5) is 16.4. The van der Waals surface area contributed by atoms with Crippen LogP contribution in [0.2, 0.25) is 0 Å². The molecule has 2 aromatic carbocycles. The number of nitrogens with zero attached hydrogens (tertiary/aromatic N) is 2. The molecule has 1 aromatic heterocycles. The van der Waals surface area contributed by atoms with Crippen LogP contribution in [0.5, 0.6) is 0 Å². The van der Waals surface area contributed by atoms with Crippen LogP contribution >= 0.6 is 0 Å². The second-order valence-corrected chi connectivity index (χ2v) is 4.90. The van der Waals surface area contributed by atoms with Crippen LogP contribution in [0.1, 0.15) is 21.7 Å². The molecule has 0 unspecified atom stereocenters. The number of benzene rings is 2. The first-order valence-electron chi connectivity index (χ1n) is 6.94. The molecule has 0 fully saturated rings. The predicted octanol–water partition coefficient (Wildman–Crippen LogP) is 3.28. The topological polar surface area (TPSA) is 68.0 Å². The fourth-order valence-corrected chi connectivity index (χ4v) is 2.07. The molecule has 0 aliphatic carbocycles. The third-order valence-corrected chi connectivity index (χ3v) is 3.21. The van der Waals surface area contributed by atoms with Gasteiger partial charge in [0.05, 0.1) is 0 Å². The Morgan fingerprint density at radius 3 is 2.65 bits per heavy atom. The van der Waals surface area contributed by atoms with Crippen LogP contribution in [-0.2, 0) is 0 Å². The third kappa shape index (κ3) is 3.27. The number of hydrogen-bond acceptors (Lipinski definition) is 4. The molecule has 0 saturated heterocycles. The minimum atomic E-state index is -0.215. The SMILES string of the molecule is C#Cc1cccc(NC(=O)c2ccc(-c3nc(C)no3)cc2)c1. The third-order valence-electron chi connectivity index (χ3n) is 3.21. The summed E-state index contributed by atoms with van der Waals surface area (Å²) in [5.74, 6) is 3.31. The first-order chi connectivity index (χ1) is 11.2. The Kier molecular flexibility index (Phi) is 3.89. The Labute approximate surface area is 133 Å². The Morgan fingerprint density at radius 2 is 2.00 bits per heavy atom. The van der Waals surface area contributed by atoms with E-state index in [-0.39, 0.29) is 5.91 Å². The lowest BCUT2D eigenvalue weighted by Crippen LogP contribution is -2.11. The predicted molar refractivity (Wildman–Crippen MR) is 86.8 cm³/mol. The molecular formula is C18H13N3O2. The zero-order valence-electron chi connectivity index (χ0n) is 12.4. The van der Waals surface area contributed by atoms with E-state index in [0.29, 0.717) is 28.5 Å². The summed E-state index contributed by atoms with van der Waals surface area (Å²) in [5.41, 5.74) is 2.65. The fourth-order valence-electron chi connectivity index (χ4n) is 2.07. The summed E-state index contributed by atoms with van der Waals surface area (Å²) in [6.07, 6.45) is 5.35. The van der Waals surface area contributed by atoms with E-state index in [0.717, 1.165) is 5.56 Å². The van der Waals surface area contributed by atoms with Gasteiger partial charge in [-0.15, -0.1) is 6.42 Å². The number of aromatic nitrogens is 2. The van der Waals surface area contributed by atoms with Gasteiger partial charge < -0.3 is 9.84 Å². The number of amides is 1. The highest BCUT2D eigenvalue weighted by atomic mass is 16.5. The standard InChI is InChI=1S/C18H13N3O2/c1-3-13-5-4-6-16(11-13)20-17(22)14-7-9-15(10-8-14)18-19-12(2)21-23-18/h1,4-11H,2H3,(H,20,22). The molecule has 0 radical (unpaired) electrons. The van der Waals surface area contributed by atoms with Gasteiger partial charge >= 0.3 is 0 Å². The van der Waals surface area contributed by atoms with E-state index < -0.39 is 0 Å². The number of hydrogen-bond donors (Lipinski definition) is 1. The number of carbonyl (C=O) groups is 1. The quantitative estimate of drug-likeness (QED) is 0.754. The first kappa shape index (κ1) is 14.5. The fraction of sp³-hybridized carbons (Fsp3) is 0.0556. The van der Waals surface area contributed by atoms with E-state index >= 15 is 0 Å². The monoisotopic (exact) mass is 303 g/mol. The summed E-state index contributed by atoms with van der Waals surface area (Å²) in [6, 6.07) is 14.1. The maximum atomic E-state index is 12.3. The van der Waals surface area contributed by atoms with E-state index in [9.17, 15) is 4.79 Å². The zero-order chi connectivity index (χ0) is 16.2. The summed E-state index contributed by atoms with van der Waals surface area (Å²) < 4.78 is 5.09. The number of nitrogens with one attached hydrogen (secondary N) is 1. The molecule has 0 spiro atoms. The van der Waals surface area contributed by atoms with Crippen LogP contribution in [0.15, 0.2) is 53.1 Å². The number of anilines is 1. The van der Waals surface area contributed by atoms with Gasteiger partial charge in [-0.1, -0.05) is 17.1 Å². The Bertz CT molecular complexity index is 889. The second-order valence-electron chi connectivity index (χ2n) is 4.90. The zero-order valence-corrected chi connectivity index (χ0v) is 12.4. The van der Waals surface area contributed by atoms with Gasteiger partial charge in [-0.3, -0.25) is 4.79 Å². The molecule has 3 rings (SSSR count). The van der Waals surface area contributed by atoms with E-state index in [1.807, 2.05) is 0 Å². The molecule has 0 aliphatic heterocycles. The van der Waals surface area contributed by atoms with Gasteiger partial charge in [-0.2, -0.15) is 4.98 Å². The van der Waals surface area contributed by atoms with E-state index in [4.69, 9.17) is 10.9 Å². The van der Waals surface area contributed by atoms with E-state index in [1.165, 1.54) is 0 Å². The van der Waals surface area contributed by atoms with Gasteiger partial charge in [-0.05, 0) is 49.4 Å². The van der Waals surface area contributed by atoms with Crippen LogP contribution < -0.4 is 5.32 Å². The molecule has 3 aromatic rings. The summed E-state index contributed by atoms with van der Waals surface area (Å²) in [7, 11) is 0. The number of terminal acetylenes is 1. The Morgan fingerprint density at radius 1 is 1.22 bits per heavy atom. The van der Waals surface area contributed by atoms with Crippen LogP contribution in [0.4, 0.5) is 5.69 Å². The molecule has 23 heavy (non-hydrogen) atoms. The minimum Gasteiger partial charge on any atom is -0.334 e. The van der Waals surface area contributed by atoms with Crippen molar-refractivity contribution < 1.29 is 9.32 Å². The molecular weight excluding hydrogens is 290 g/mol. The van der Waals surface area contributed by atoms with Crippen LogP contribution in [0.25, 0.3) is 11.5 Å². The van der Waals surface area contributed by atoms with Crippen molar-refractivity contribution in [1.82, 2.24) is 10.1 Å². The minimum absolute atomic E-state index is 0.215. The normalized spacial score (nSPS) is 10.1. The molecule has 5 nitrogen and oxygen atoms in total. The smallest absolute Gasteiger partial charge is 0.257 e. The van der Waals surface area contributed by atoms with Crippen LogP contribution in [0.3, 0.4) is 0 Å². The van der Waals surface area contributed by atoms with Crippen molar-refractivity contribution in [1.29, 1.82) is 0 Å². The summed E-state index contributed by atoms with van der Waals surface area (Å²) in [5, 5.41) is 6.55. The highest BCUT2D eigenvalue weighted by Crippen LogP contribution is 2.18. The molecule has 0 atom stereocenters. The Balaban J connectivity index is 1.76. The van der Waals surface area contributed by atoms with Gasteiger partial charge in [0.1, 0.15) is 0 Å². The first-order valence-corrected chi connectivity index (χ1v) is 6.94. The lowest BCUT2D eigenvalue weighted by atomic mass is 10.1. The van der Waals surface area contributed by atoms with Crippen molar-refractivity contribution in [2.45, 2.75) is 6.92 Å². The molecule has 1 amide bonds. The lowest BCUT2D eigenvalue weighted by Gasteiger charge is -2.06. The Hall–Kier alpha value is -3.39. The van der Waals surface area contributed by atoms with Gasteiger partial charge in [-0.25, -0.2) is 0 Å². The number of rotatable bonds is 3. The van der Waals surface area contributed by atoms with E-state index in [1.54, 1.807) is 55.5 Å². The maximum Gasteiger partial charge on any atom is 0.257 e. The molecule has 1 heterocycles. The maximum absolute atomic E-state index is 12.3. The van der Waals surface area contributed by atoms with Crippen molar-refractivity contribution in [3.05, 3.63) is 65.5 Å². The number of aryl methyl sites for hydroxylation is 1. The average Bonchev–Trinajstić information content (AvgIpc) is 3.01. The molecule has 0 aliphatic rings. The van der Waals surface area contributed by atoms with Gasteiger partial charge in [0, 0.05) is 22.4 Å². The molecule has 1 N–H and O–H groups in total. The van der Waals surface area contributed by atoms with Crippen molar-refractivity contribution >= 4 is 11.6 Å². The van der Waals surface area contributed by atoms with E-state index in [2.05, 4.69) is 21.4 Å². The average molecular weight is 303 g/mol. The van der Waals surface area contributed by atoms with Crippen molar-refractivity contribution in [3.8, 4) is 23.8 Å².